The maximum Gasteiger partial charge on any atom is 0.187 e. The monoisotopic (exact) mass is 513 g/mol. The highest BCUT2D eigenvalue weighted by Crippen LogP contribution is 2.47. The van der Waals surface area contributed by atoms with E-state index in [1.54, 1.807) is 0 Å². The maximum atomic E-state index is 7.20. The van der Waals surface area contributed by atoms with Crippen molar-refractivity contribution in [2.45, 2.75) is 6.17 Å². The molecule has 2 aliphatic rings. The number of allylic oxidation sites excluding steroid dienone is 2. The molecule has 1 aromatic heterocycles. The second-order valence-electron chi connectivity index (χ2n) is 10.2. The first-order chi connectivity index (χ1) is 19.7. The lowest BCUT2D eigenvalue weighted by atomic mass is 9.94. The van der Waals surface area contributed by atoms with Gasteiger partial charge in [-0.05, 0) is 70.3 Å². The summed E-state index contributed by atoms with van der Waals surface area (Å²) < 4.78 is 6.11. The van der Waals surface area contributed by atoms with Crippen molar-refractivity contribution in [1.82, 2.24) is 0 Å². The first-order valence-corrected chi connectivity index (χ1v) is 13.3. The molecule has 40 heavy (non-hydrogen) atoms. The molecular formula is C36H23N3O. The summed E-state index contributed by atoms with van der Waals surface area (Å²) in [4.78, 5) is 5.80. The van der Waals surface area contributed by atoms with E-state index >= 15 is 0 Å². The Balaban J connectivity index is 1.27. The standard InChI is InChI=1S/C36H23N3O/c1-37-28-16-13-24(14-17-28)23-9-11-25(12-10-23)27-21-30(36-32(22-27)39-19-5-4-8-35(39)38-36)26-15-18-34-31(20-26)29-6-2-3-7-33(29)40-34/h2-22,35,38H. The molecule has 0 aliphatic carbocycles. The van der Waals surface area contributed by atoms with Crippen LogP contribution in [0.4, 0.5) is 17.1 Å². The van der Waals surface area contributed by atoms with Crippen LogP contribution in [0, 0.1) is 6.57 Å². The summed E-state index contributed by atoms with van der Waals surface area (Å²) in [6.07, 6.45) is 8.59. The van der Waals surface area contributed by atoms with Gasteiger partial charge in [0.15, 0.2) is 5.69 Å². The second kappa shape index (κ2) is 8.76. The van der Waals surface area contributed by atoms with E-state index in [0.29, 0.717) is 5.69 Å². The zero-order valence-electron chi connectivity index (χ0n) is 21.5. The smallest absolute Gasteiger partial charge is 0.187 e. The van der Waals surface area contributed by atoms with Crippen LogP contribution < -0.4 is 10.2 Å². The van der Waals surface area contributed by atoms with Crippen molar-refractivity contribution >= 4 is 39.0 Å². The highest BCUT2D eigenvalue weighted by atomic mass is 16.3. The minimum Gasteiger partial charge on any atom is -0.456 e. The molecule has 2 aliphatic heterocycles. The molecule has 0 spiro atoms. The Morgan fingerprint density at radius 3 is 2.17 bits per heavy atom. The summed E-state index contributed by atoms with van der Waals surface area (Å²) in [5.41, 5.74) is 11.6. The van der Waals surface area contributed by atoms with Gasteiger partial charge in [-0.3, -0.25) is 0 Å². The van der Waals surface area contributed by atoms with Gasteiger partial charge in [-0.25, -0.2) is 4.85 Å². The highest BCUT2D eigenvalue weighted by Gasteiger charge is 2.30. The van der Waals surface area contributed by atoms with Crippen LogP contribution >= 0.6 is 0 Å². The molecule has 5 aromatic carbocycles. The Kier molecular flexibility index (Phi) is 4.92. The molecule has 0 fully saturated rings. The van der Waals surface area contributed by atoms with Crippen molar-refractivity contribution in [3.05, 3.63) is 139 Å². The van der Waals surface area contributed by atoms with E-state index in [9.17, 15) is 0 Å². The summed E-state index contributed by atoms with van der Waals surface area (Å²) in [5.74, 6) is 0. The molecule has 0 amide bonds. The van der Waals surface area contributed by atoms with Gasteiger partial charge in [-0.2, -0.15) is 0 Å². The molecular weight excluding hydrogens is 490 g/mol. The summed E-state index contributed by atoms with van der Waals surface area (Å²) in [7, 11) is 0. The number of para-hydroxylation sites is 1. The average Bonchev–Trinajstić information content (AvgIpc) is 3.59. The molecule has 1 N–H and O–H groups in total. The number of hydrogen-bond acceptors (Lipinski definition) is 3. The zero-order valence-corrected chi connectivity index (χ0v) is 21.5. The predicted molar refractivity (Wildman–Crippen MR) is 164 cm³/mol. The van der Waals surface area contributed by atoms with E-state index in [4.69, 9.17) is 11.0 Å². The van der Waals surface area contributed by atoms with Crippen LogP contribution in [0.25, 0.3) is 60.2 Å². The van der Waals surface area contributed by atoms with Gasteiger partial charge in [0.1, 0.15) is 17.3 Å². The van der Waals surface area contributed by atoms with Gasteiger partial charge < -0.3 is 14.6 Å². The molecule has 6 aromatic rings. The first kappa shape index (κ1) is 22.5. The molecule has 0 saturated carbocycles. The lowest BCUT2D eigenvalue weighted by molar-refractivity contribution is 0.669. The van der Waals surface area contributed by atoms with Crippen LogP contribution in [0.5, 0.6) is 0 Å². The van der Waals surface area contributed by atoms with Crippen LogP contribution in [0.1, 0.15) is 0 Å². The van der Waals surface area contributed by atoms with E-state index in [1.165, 1.54) is 0 Å². The van der Waals surface area contributed by atoms with Gasteiger partial charge >= 0.3 is 0 Å². The molecule has 0 bridgehead atoms. The summed E-state index contributed by atoms with van der Waals surface area (Å²) in [6, 6.07) is 35.7. The largest absolute Gasteiger partial charge is 0.456 e. The Morgan fingerprint density at radius 1 is 0.675 bits per heavy atom. The van der Waals surface area contributed by atoms with Crippen LogP contribution in [0.2, 0.25) is 0 Å². The number of rotatable bonds is 3. The van der Waals surface area contributed by atoms with Crippen molar-refractivity contribution in [1.29, 1.82) is 0 Å². The topological polar surface area (TPSA) is 32.8 Å². The fraction of sp³-hybridized carbons (Fsp3) is 0.0278. The molecule has 4 heteroatoms. The van der Waals surface area contributed by atoms with Gasteiger partial charge in [0.05, 0.1) is 17.9 Å². The number of fused-ring (bicyclic) bond motifs is 6. The summed E-state index contributed by atoms with van der Waals surface area (Å²) in [6.45, 7) is 7.20. The highest BCUT2D eigenvalue weighted by molar-refractivity contribution is 6.07. The number of benzene rings is 5. The zero-order chi connectivity index (χ0) is 26.6. The number of hydrogen-bond donors (Lipinski definition) is 1. The minimum atomic E-state index is 0.0910. The molecule has 8 rings (SSSR count). The molecule has 4 nitrogen and oxygen atoms in total. The lowest BCUT2D eigenvalue weighted by Crippen LogP contribution is -2.30. The molecule has 1 atom stereocenters. The van der Waals surface area contributed by atoms with Crippen molar-refractivity contribution in [3.8, 4) is 33.4 Å². The molecule has 3 heterocycles. The number of furan rings is 1. The third-order valence-corrected chi connectivity index (χ3v) is 7.87. The fourth-order valence-corrected chi connectivity index (χ4v) is 5.85. The summed E-state index contributed by atoms with van der Waals surface area (Å²) in [5, 5.41) is 5.99. The Morgan fingerprint density at radius 2 is 1.38 bits per heavy atom. The van der Waals surface area contributed by atoms with Crippen LogP contribution in [-0.4, -0.2) is 6.17 Å². The van der Waals surface area contributed by atoms with Crippen LogP contribution in [-0.2, 0) is 0 Å². The normalized spacial score (nSPS) is 15.2. The lowest BCUT2D eigenvalue weighted by Gasteiger charge is -2.22. The SMILES string of the molecule is [C-]#[N+]c1ccc(-c2ccc(-c3cc(-c4ccc5oc6ccccc6c5c4)c4c(c3)N3C=CC=CC3N4)cc2)cc1. The van der Waals surface area contributed by atoms with Gasteiger partial charge in [0, 0.05) is 22.5 Å². The number of nitrogens with zero attached hydrogens (tertiary/aromatic N) is 2. The molecule has 1 unspecified atom stereocenters. The fourth-order valence-electron chi connectivity index (χ4n) is 5.85. The number of anilines is 2. The quantitative estimate of drug-likeness (QED) is 0.239. The van der Waals surface area contributed by atoms with Gasteiger partial charge in [0.2, 0.25) is 0 Å². The van der Waals surface area contributed by atoms with Crippen molar-refractivity contribution in [2.24, 2.45) is 0 Å². The molecule has 0 saturated heterocycles. The van der Waals surface area contributed by atoms with E-state index < -0.39 is 0 Å². The van der Waals surface area contributed by atoms with Crippen molar-refractivity contribution in [2.75, 3.05) is 10.2 Å². The maximum absolute atomic E-state index is 7.20. The number of nitrogens with one attached hydrogen (secondary N) is 1. The van der Waals surface area contributed by atoms with E-state index in [2.05, 4.69) is 106 Å². The Bertz CT molecular complexity index is 2040. The third kappa shape index (κ3) is 3.53. The predicted octanol–water partition coefficient (Wildman–Crippen LogP) is 9.78. The van der Waals surface area contributed by atoms with Crippen LogP contribution in [0.15, 0.2) is 132 Å². The third-order valence-electron chi connectivity index (χ3n) is 7.87. The first-order valence-electron chi connectivity index (χ1n) is 13.3. The van der Waals surface area contributed by atoms with Gasteiger partial charge in [-0.15, -0.1) is 0 Å². The Hall–Kier alpha value is -5.53. The van der Waals surface area contributed by atoms with E-state index in [1.807, 2.05) is 36.4 Å². The molecule has 0 radical (unpaired) electrons. The van der Waals surface area contributed by atoms with E-state index in [0.717, 1.165) is 66.7 Å². The molecule has 188 valence electrons. The second-order valence-corrected chi connectivity index (χ2v) is 10.2. The van der Waals surface area contributed by atoms with E-state index in [-0.39, 0.29) is 6.17 Å². The average molecular weight is 514 g/mol. The van der Waals surface area contributed by atoms with Crippen molar-refractivity contribution in [3.63, 3.8) is 0 Å². The van der Waals surface area contributed by atoms with Gasteiger partial charge in [-0.1, -0.05) is 78.9 Å². The summed E-state index contributed by atoms with van der Waals surface area (Å²) >= 11 is 0. The van der Waals surface area contributed by atoms with Crippen LogP contribution in [0.3, 0.4) is 0 Å². The van der Waals surface area contributed by atoms with Gasteiger partial charge in [0.25, 0.3) is 0 Å². The minimum absolute atomic E-state index is 0.0910. The Labute approximate surface area is 231 Å². The van der Waals surface area contributed by atoms with Crippen molar-refractivity contribution < 1.29 is 4.42 Å².